The predicted octanol–water partition coefficient (Wildman–Crippen LogP) is 3.97. The second kappa shape index (κ2) is 5.64. The molecule has 1 aromatic heterocycles. The lowest BCUT2D eigenvalue weighted by molar-refractivity contribution is 0.475. The Morgan fingerprint density at radius 3 is 2.93 bits per heavy atom. The minimum atomic E-state index is 0.709. The van der Waals surface area contributed by atoms with Crippen LogP contribution >= 0.6 is 15.9 Å². The van der Waals surface area contributed by atoms with E-state index in [0.717, 1.165) is 5.92 Å². The van der Waals surface area contributed by atoms with E-state index in [4.69, 9.17) is 0 Å². The van der Waals surface area contributed by atoms with Gasteiger partial charge in [0, 0.05) is 17.2 Å². The zero-order valence-electron chi connectivity index (χ0n) is 9.03. The highest BCUT2D eigenvalue weighted by Crippen LogP contribution is 2.31. The number of rotatable bonds is 2. The monoisotopic (exact) mass is 267 g/mol. The van der Waals surface area contributed by atoms with E-state index in [1.54, 1.807) is 0 Å². The molecule has 2 unspecified atom stereocenters. The van der Waals surface area contributed by atoms with Crippen molar-refractivity contribution in [2.75, 3.05) is 0 Å². The maximum atomic E-state index is 4.18. The fraction of sp³-hybridized carbons (Fsp3) is 0.615. The summed E-state index contributed by atoms with van der Waals surface area (Å²) in [5.41, 5.74) is 1.38. The lowest BCUT2D eigenvalue weighted by atomic mass is 9.93. The summed E-state index contributed by atoms with van der Waals surface area (Å²) in [6, 6.07) is 4.23. The van der Waals surface area contributed by atoms with Crippen LogP contribution in [0.3, 0.4) is 0 Å². The number of hydrogen-bond donors (Lipinski definition) is 0. The molecule has 2 rings (SSSR count). The van der Waals surface area contributed by atoms with Crippen LogP contribution in [0.2, 0.25) is 0 Å². The van der Waals surface area contributed by atoms with Gasteiger partial charge in [-0.15, -0.1) is 0 Å². The average molecular weight is 268 g/mol. The van der Waals surface area contributed by atoms with Gasteiger partial charge in [0.1, 0.15) is 0 Å². The third-order valence-electron chi connectivity index (χ3n) is 3.29. The van der Waals surface area contributed by atoms with Crippen molar-refractivity contribution < 1.29 is 0 Å². The summed E-state index contributed by atoms with van der Waals surface area (Å²) in [6.45, 7) is 0. The van der Waals surface area contributed by atoms with Gasteiger partial charge in [-0.25, -0.2) is 0 Å². The smallest absolute Gasteiger partial charge is 0.0299 e. The summed E-state index contributed by atoms with van der Waals surface area (Å²) >= 11 is 3.84. The quantitative estimate of drug-likeness (QED) is 0.584. The van der Waals surface area contributed by atoms with Gasteiger partial charge in [-0.2, -0.15) is 0 Å². The van der Waals surface area contributed by atoms with E-state index >= 15 is 0 Å². The number of hydrogen-bond acceptors (Lipinski definition) is 1. The fourth-order valence-electron chi connectivity index (χ4n) is 2.39. The van der Waals surface area contributed by atoms with E-state index < -0.39 is 0 Å². The van der Waals surface area contributed by atoms with Crippen molar-refractivity contribution in [1.82, 2.24) is 4.98 Å². The first-order valence-corrected chi connectivity index (χ1v) is 6.81. The molecular weight excluding hydrogens is 250 g/mol. The second-order valence-electron chi connectivity index (χ2n) is 4.48. The van der Waals surface area contributed by atoms with Crippen LogP contribution in [-0.4, -0.2) is 9.81 Å². The van der Waals surface area contributed by atoms with E-state index in [0.29, 0.717) is 4.83 Å². The summed E-state index contributed by atoms with van der Waals surface area (Å²) < 4.78 is 0. The minimum absolute atomic E-state index is 0.709. The molecule has 15 heavy (non-hydrogen) atoms. The van der Waals surface area contributed by atoms with Crippen LogP contribution in [0.4, 0.5) is 0 Å². The molecule has 1 nitrogen and oxygen atoms in total. The van der Waals surface area contributed by atoms with Gasteiger partial charge in [-0.3, -0.25) is 4.98 Å². The molecule has 1 aromatic rings. The van der Waals surface area contributed by atoms with Gasteiger partial charge < -0.3 is 0 Å². The molecule has 82 valence electrons. The topological polar surface area (TPSA) is 12.9 Å². The summed E-state index contributed by atoms with van der Waals surface area (Å²) in [5, 5.41) is 0. The Hall–Kier alpha value is -0.370. The molecule has 0 amide bonds. The van der Waals surface area contributed by atoms with Crippen molar-refractivity contribution in [3.8, 4) is 0 Å². The van der Waals surface area contributed by atoms with Crippen molar-refractivity contribution in [1.29, 1.82) is 0 Å². The Morgan fingerprint density at radius 1 is 1.27 bits per heavy atom. The van der Waals surface area contributed by atoms with Gasteiger partial charge in [0.15, 0.2) is 0 Å². The molecule has 1 aliphatic rings. The van der Waals surface area contributed by atoms with Gasteiger partial charge in [0.2, 0.25) is 0 Å². The third-order valence-corrected chi connectivity index (χ3v) is 4.49. The maximum absolute atomic E-state index is 4.18. The summed E-state index contributed by atoms with van der Waals surface area (Å²) in [5.74, 6) is 0.802. The standard InChI is InChI=1S/C13H18BrN/c14-13-7-3-1-2-6-12(13)9-11-5-4-8-15-10-11/h4-5,8,10,12-13H,1-3,6-7,9H2. The maximum Gasteiger partial charge on any atom is 0.0299 e. The predicted molar refractivity (Wildman–Crippen MR) is 67.2 cm³/mol. The van der Waals surface area contributed by atoms with Crippen LogP contribution in [-0.2, 0) is 6.42 Å². The molecule has 0 N–H and O–H groups in total. The highest BCUT2D eigenvalue weighted by Gasteiger charge is 2.21. The normalized spacial score (nSPS) is 27.3. The highest BCUT2D eigenvalue weighted by molar-refractivity contribution is 9.09. The number of alkyl halides is 1. The van der Waals surface area contributed by atoms with Gasteiger partial charge in [-0.1, -0.05) is 41.3 Å². The molecular formula is C13H18BrN. The molecule has 0 saturated heterocycles. The summed E-state index contributed by atoms with van der Waals surface area (Å²) in [7, 11) is 0. The van der Waals surface area contributed by atoms with Gasteiger partial charge in [-0.05, 0) is 36.8 Å². The molecule has 0 radical (unpaired) electrons. The molecule has 1 fully saturated rings. The first-order valence-electron chi connectivity index (χ1n) is 5.89. The van der Waals surface area contributed by atoms with Crippen molar-refractivity contribution in [3.05, 3.63) is 30.1 Å². The summed E-state index contributed by atoms with van der Waals surface area (Å²) in [4.78, 5) is 4.89. The zero-order valence-corrected chi connectivity index (χ0v) is 10.6. The lowest BCUT2D eigenvalue weighted by Crippen LogP contribution is -2.15. The van der Waals surface area contributed by atoms with E-state index in [9.17, 15) is 0 Å². The Morgan fingerprint density at radius 2 is 2.13 bits per heavy atom. The highest BCUT2D eigenvalue weighted by atomic mass is 79.9. The molecule has 1 saturated carbocycles. The van der Waals surface area contributed by atoms with Gasteiger partial charge in [0.05, 0.1) is 0 Å². The van der Waals surface area contributed by atoms with Crippen LogP contribution in [0, 0.1) is 5.92 Å². The van der Waals surface area contributed by atoms with Crippen molar-refractivity contribution >= 4 is 15.9 Å². The van der Waals surface area contributed by atoms with Crippen LogP contribution in [0.25, 0.3) is 0 Å². The van der Waals surface area contributed by atoms with Gasteiger partial charge >= 0.3 is 0 Å². The number of pyridine rings is 1. The molecule has 0 aromatic carbocycles. The van der Waals surface area contributed by atoms with Crippen LogP contribution in [0.1, 0.15) is 37.7 Å². The van der Waals surface area contributed by atoms with Crippen LogP contribution in [0.5, 0.6) is 0 Å². The fourth-order valence-corrected chi connectivity index (χ4v) is 3.17. The molecule has 1 aliphatic carbocycles. The molecule has 2 atom stereocenters. The second-order valence-corrected chi connectivity index (χ2v) is 5.66. The van der Waals surface area contributed by atoms with Crippen molar-refractivity contribution in [2.24, 2.45) is 5.92 Å². The zero-order chi connectivity index (χ0) is 10.5. The van der Waals surface area contributed by atoms with E-state index in [-0.39, 0.29) is 0 Å². The summed E-state index contributed by atoms with van der Waals surface area (Å²) in [6.07, 6.45) is 11.9. The Balaban J connectivity index is 1.97. The Labute approximate surface area is 100 Å². The number of halogens is 1. The SMILES string of the molecule is BrC1CCCCCC1Cc1cccnc1. The minimum Gasteiger partial charge on any atom is -0.264 e. The Kier molecular flexibility index (Phi) is 4.18. The first kappa shape index (κ1) is 11.1. The van der Waals surface area contributed by atoms with Crippen LogP contribution < -0.4 is 0 Å². The van der Waals surface area contributed by atoms with E-state index in [2.05, 4.69) is 27.0 Å². The molecule has 0 aliphatic heterocycles. The lowest BCUT2D eigenvalue weighted by Gasteiger charge is -2.19. The third kappa shape index (κ3) is 3.30. The first-order chi connectivity index (χ1) is 7.36. The van der Waals surface area contributed by atoms with Gasteiger partial charge in [0.25, 0.3) is 0 Å². The van der Waals surface area contributed by atoms with Crippen molar-refractivity contribution in [2.45, 2.75) is 43.4 Å². The number of nitrogens with zero attached hydrogens (tertiary/aromatic N) is 1. The molecule has 0 spiro atoms. The number of aromatic nitrogens is 1. The van der Waals surface area contributed by atoms with Crippen molar-refractivity contribution in [3.63, 3.8) is 0 Å². The van der Waals surface area contributed by atoms with E-state index in [1.165, 1.54) is 44.1 Å². The Bertz CT molecular complexity index is 286. The molecule has 0 bridgehead atoms. The average Bonchev–Trinajstić information content (AvgIpc) is 2.46. The van der Waals surface area contributed by atoms with E-state index in [1.807, 2.05) is 18.5 Å². The largest absolute Gasteiger partial charge is 0.264 e. The van der Waals surface area contributed by atoms with Crippen LogP contribution in [0.15, 0.2) is 24.5 Å². The molecule has 2 heteroatoms. The molecule has 1 heterocycles.